The monoisotopic (exact) mass is 377 g/mol. The van der Waals surface area contributed by atoms with Crippen LogP contribution in [0.15, 0.2) is 48.8 Å². The Kier molecular flexibility index (Phi) is 4.03. The van der Waals surface area contributed by atoms with Gasteiger partial charge in [-0.05, 0) is 44.0 Å². The van der Waals surface area contributed by atoms with Gasteiger partial charge in [-0.3, -0.25) is 0 Å². The number of rotatable bonds is 4. The van der Waals surface area contributed by atoms with Crippen molar-refractivity contribution in [3.8, 4) is 11.4 Å². The second kappa shape index (κ2) is 6.70. The highest BCUT2D eigenvalue weighted by Gasteiger charge is 2.27. The molecule has 1 atom stereocenters. The maximum absolute atomic E-state index is 14.3. The van der Waals surface area contributed by atoms with Crippen LogP contribution in [0.25, 0.3) is 17.0 Å². The molecular formula is C20H20FN7. The van der Waals surface area contributed by atoms with E-state index in [4.69, 9.17) is 5.10 Å². The molecule has 1 aromatic carbocycles. The maximum Gasteiger partial charge on any atom is 0.188 e. The van der Waals surface area contributed by atoms with E-state index < -0.39 is 0 Å². The van der Waals surface area contributed by atoms with Crippen LogP contribution in [0.4, 0.5) is 10.2 Å². The van der Waals surface area contributed by atoms with E-state index in [0.29, 0.717) is 23.1 Å². The van der Waals surface area contributed by atoms with Gasteiger partial charge >= 0.3 is 0 Å². The lowest BCUT2D eigenvalue weighted by Gasteiger charge is -2.26. The molecule has 142 valence electrons. The summed E-state index contributed by atoms with van der Waals surface area (Å²) in [4.78, 5) is 6.63. The van der Waals surface area contributed by atoms with Crippen LogP contribution in [0.5, 0.6) is 0 Å². The summed E-state index contributed by atoms with van der Waals surface area (Å²) in [6, 6.07) is 10.8. The molecule has 5 rings (SSSR count). The summed E-state index contributed by atoms with van der Waals surface area (Å²) in [6.45, 7) is 3.82. The molecule has 1 saturated heterocycles. The van der Waals surface area contributed by atoms with Crippen LogP contribution in [-0.4, -0.2) is 41.9 Å². The minimum atomic E-state index is -0.335. The molecule has 0 radical (unpaired) electrons. The van der Waals surface area contributed by atoms with Gasteiger partial charge in [0.2, 0.25) is 0 Å². The van der Waals surface area contributed by atoms with Crippen molar-refractivity contribution in [3.63, 3.8) is 0 Å². The smallest absolute Gasteiger partial charge is 0.188 e. The van der Waals surface area contributed by atoms with Gasteiger partial charge in [0, 0.05) is 31.5 Å². The van der Waals surface area contributed by atoms with Gasteiger partial charge in [-0.15, -0.1) is 15.3 Å². The average Bonchev–Trinajstić information content (AvgIpc) is 3.43. The normalized spacial score (nSPS) is 16.9. The van der Waals surface area contributed by atoms with Gasteiger partial charge in [0.15, 0.2) is 11.5 Å². The highest BCUT2D eigenvalue weighted by molar-refractivity contribution is 5.60. The van der Waals surface area contributed by atoms with E-state index >= 15 is 0 Å². The number of benzene rings is 1. The zero-order valence-corrected chi connectivity index (χ0v) is 15.5. The van der Waals surface area contributed by atoms with Crippen molar-refractivity contribution in [1.82, 2.24) is 29.4 Å². The molecule has 1 fully saturated rings. The van der Waals surface area contributed by atoms with Crippen LogP contribution in [0.1, 0.15) is 18.7 Å². The SMILES string of the molecule is Cc1nccn1CC1CCCN1c1ccc2nnc(-c3ccccc3F)n2n1. The number of hydrogen-bond acceptors (Lipinski definition) is 5. The molecule has 4 heterocycles. The zero-order valence-electron chi connectivity index (χ0n) is 15.5. The summed E-state index contributed by atoms with van der Waals surface area (Å²) in [7, 11) is 0. The second-order valence-corrected chi connectivity index (χ2v) is 7.08. The predicted octanol–water partition coefficient (Wildman–Crippen LogP) is 3.10. The van der Waals surface area contributed by atoms with E-state index in [0.717, 1.165) is 37.6 Å². The van der Waals surface area contributed by atoms with Crippen LogP contribution >= 0.6 is 0 Å². The Hall–Kier alpha value is -3.29. The number of fused-ring (bicyclic) bond motifs is 1. The van der Waals surface area contributed by atoms with Crippen molar-refractivity contribution >= 4 is 11.5 Å². The molecule has 0 N–H and O–H groups in total. The first-order valence-electron chi connectivity index (χ1n) is 9.42. The minimum absolute atomic E-state index is 0.335. The first-order valence-corrected chi connectivity index (χ1v) is 9.42. The second-order valence-electron chi connectivity index (χ2n) is 7.08. The lowest BCUT2D eigenvalue weighted by Crippen LogP contribution is -2.34. The Bertz CT molecular complexity index is 1130. The third-order valence-electron chi connectivity index (χ3n) is 5.37. The quantitative estimate of drug-likeness (QED) is 0.547. The van der Waals surface area contributed by atoms with Crippen molar-refractivity contribution in [2.75, 3.05) is 11.4 Å². The molecule has 28 heavy (non-hydrogen) atoms. The Morgan fingerprint density at radius 1 is 1.14 bits per heavy atom. The maximum atomic E-state index is 14.3. The van der Waals surface area contributed by atoms with Gasteiger partial charge in [-0.1, -0.05) is 12.1 Å². The van der Waals surface area contributed by atoms with Gasteiger partial charge in [-0.2, -0.15) is 4.52 Å². The highest BCUT2D eigenvalue weighted by Crippen LogP contribution is 2.27. The summed E-state index contributed by atoms with van der Waals surface area (Å²) in [6.07, 6.45) is 6.05. The first-order chi connectivity index (χ1) is 13.7. The molecule has 0 amide bonds. The molecule has 1 aliphatic rings. The van der Waals surface area contributed by atoms with Crippen LogP contribution in [0.3, 0.4) is 0 Å². The Labute approximate surface area is 161 Å². The molecule has 0 bridgehead atoms. The highest BCUT2D eigenvalue weighted by atomic mass is 19.1. The molecule has 0 spiro atoms. The predicted molar refractivity (Wildman–Crippen MR) is 104 cm³/mol. The largest absolute Gasteiger partial charge is 0.350 e. The van der Waals surface area contributed by atoms with E-state index in [1.165, 1.54) is 6.07 Å². The summed E-state index contributed by atoms with van der Waals surface area (Å²) in [5, 5.41) is 13.1. The van der Waals surface area contributed by atoms with E-state index in [1.54, 1.807) is 22.7 Å². The van der Waals surface area contributed by atoms with Crippen molar-refractivity contribution in [2.24, 2.45) is 0 Å². The molecule has 4 aromatic rings. The van der Waals surface area contributed by atoms with Crippen molar-refractivity contribution in [2.45, 2.75) is 32.4 Å². The third-order valence-corrected chi connectivity index (χ3v) is 5.37. The van der Waals surface area contributed by atoms with E-state index in [-0.39, 0.29) is 5.82 Å². The molecule has 1 aliphatic heterocycles. The summed E-state index contributed by atoms with van der Waals surface area (Å²) < 4.78 is 18.1. The van der Waals surface area contributed by atoms with E-state index in [9.17, 15) is 4.39 Å². The number of nitrogens with zero attached hydrogens (tertiary/aromatic N) is 7. The molecular weight excluding hydrogens is 357 g/mol. The van der Waals surface area contributed by atoms with Crippen LogP contribution in [-0.2, 0) is 6.54 Å². The Balaban J connectivity index is 1.51. The number of imidazole rings is 1. The zero-order chi connectivity index (χ0) is 19.1. The lowest BCUT2D eigenvalue weighted by molar-refractivity contribution is 0.536. The number of hydrogen-bond donors (Lipinski definition) is 0. The molecule has 0 aliphatic carbocycles. The fraction of sp³-hybridized carbons (Fsp3) is 0.300. The van der Waals surface area contributed by atoms with Crippen molar-refractivity contribution in [1.29, 1.82) is 0 Å². The molecule has 8 heteroatoms. The number of anilines is 1. The van der Waals surface area contributed by atoms with Gasteiger partial charge in [0.05, 0.1) is 5.56 Å². The van der Waals surface area contributed by atoms with Gasteiger partial charge < -0.3 is 9.47 Å². The number of halogens is 1. The minimum Gasteiger partial charge on any atom is -0.350 e. The standard InChI is InChI=1S/C20H20FN7/c1-14-22-10-12-26(14)13-15-5-4-11-27(15)19-9-8-18-23-24-20(28(18)25-19)16-6-2-3-7-17(16)21/h2-3,6-10,12,15H,4-5,11,13H2,1H3. The number of aryl methyl sites for hydroxylation is 1. The van der Waals surface area contributed by atoms with Crippen LogP contribution < -0.4 is 4.90 Å². The topological polar surface area (TPSA) is 64.1 Å². The van der Waals surface area contributed by atoms with Crippen LogP contribution in [0, 0.1) is 12.7 Å². The third kappa shape index (κ3) is 2.81. The van der Waals surface area contributed by atoms with Crippen molar-refractivity contribution in [3.05, 3.63) is 60.4 Å². The fourth-order valence-electron chi connectivity index (χ4n) is 3.89. The average molecular weight is 377 g/mol. The Morgan fingerprint density at radius 2 is 2.04 bits per heavy atom. The molecule has 0 saturated carbocycles. The summed E-state index contributed by atoms with van der Waals surface area (Å²) in [5.74, 6) is 1.94. The fourth-order valence-corrected chi connectivity index (χ4v) is 3.89. The molecule has 1 unspecified atom stereocenters. The van der Waals surface area contributed by atoms with Gasteiger partial charge in [0.25, 0.3) is 0 Å². The van der Waals surface area contributed by atoms with E-state index in [1.807, 2.05) is 31.5 Å². The number of aromatic nitrogens is 6. The molecule has 7 nitrogen and oxygen atoms in total. The summed E-state index contributed by atoms with van der Waals surface area (Å²) in [5.41, 5.74) is 0.995. The van der Waals surface area contributed by atoms with E-state index in [2.05, 4.69) is 24.6 Å². The van der Waals surface area contributed by atoms with Gasteiger partial charge in [-0.25, -0.2) is 9.37 Å². The molecule has 3 aromatic heterocycles. The van der Waals surface area contributed by atoms with Crippen molar-refractivity contribution < 1.29 is 4.39 Å². The van der Waals surface area contributed by atoms with Crippen LogP contribution in [0.2, 0.25) is 0 Å². The Morgan fingerprint density at radius 3 is 2.86 bits per heavy atom. The first kappa shape index (κ1) is 16.9. The lowest BCUT2D eigenvalue weighted by atomic mass is 10.2. The van der Waals surface area contributed by atoms with Gasteiger partial charge in [0.1, 0.15) is 17.5 Å². The summed E-state index contributed by atoms with van der Waals surface area (Å²) >= 11 is 0.